The van der Waals surface area contributed by atoms with E-state index < -0.39 is 0 Å². The molecule has 0 bridgehead atoms. The quantitative estimate of drug-likeness (QED) is 0.798. The summed E-state index contributed by atoms with van der Waals surface area (Å²) in [5.41, 5.74) is 7.50. The standard InChI is InChI=1S/C13H15NO2/c1-13(2)6-9-4-3-8-5-10(7-14)15-11(8)12(9)16-13/h3-5H,6-7,14H2,1-2H3. The zero-order chi connectivity index (χ0) is 11.3. The van der Waals surface area contributed by atoms with Gasteiger partial charge in [-0.1, -0.05) is 12.1 Å². The molecule has 1 aliphatic heterocycles. The molecule has 0 saturated heterocycles. The first kappa shape index (κ1) is 9.73. The van der Waals surface area contributed by atoms with Gasteiger partial charge in [0.15, 0.2) is 11.3 Å². The minimum atomic E-state index is -0.133. The zero-order valence-electron chi connectivity index (χ0n) is 9.54. The fourth-order valence-corrected chi connectivity index (χ4v) is 2.29. The molecular weight excluding hydrogens is 202 g/mol. The molecule has 0 unspecified atom stereocenters. The molecule has 0 saturated carbocycles. The molecule has 0 radical (unpaired) electrons. The Balaban J connectivity index is 2.22. The summed E-state index contributed by atoms with van der Waals surface area (Å²) in [6.45, 7) is 4.60. The highest BCUT2D eigenvalue weighted by Gasteiger charge is 2.32. The van der Waals surface area contributed by atoms with Crippen molar-refractivity contribution in [2.24, 2.45) is 5.73 Å². The van der Waals surface area contributed by atoms with Crippen LogP contribution < -0.4 is 10.5 Å². The van der Waals surface area contributed by atoms with Crippen molar-refractivity contribution in [3.05, 3.63) is 29.5 Å². The number of hydrogen-bond donors (Lipinski definition) is 1. The van der Waals surface area contributed by atoms with E-state index in [0.717, 1.165) is 28.9 Å². The van der Waals surface area contributed by atoms with Gasteiger partial charge in [-0.15, -0.1) is 0 Å². The van der Waals surface area contributed by atoms with Crippen molar-refractivity contribution in [3.8, 4) is 5.75 Å². The smallest absolute Gasteiger partial charge is 0.176 e. The summed E-state index contributed by atoms with van der Waals surface area (Å²) in [6.07, 6.45) is 0.928. The molecule has 2 N–H and O–H groups in total. The lowest BCUT2D eigenvalue weighted by atomic mass is 10.0. The number of ether oxygens (including phenoxy) is 1. The van der Waals surface area contributed by atoms with Gasteiger partial charge in [-0.05, 0) is 19.9 Å². The van der Waals surface area contributed by atoms with Gasteiger partial charge in [-0.2, -0.15) is 0 Å². The molecule has 1 aliphatic rings. The number of benzene rings is 1. The van der Waals surface area contributed by atoms with E-state index in [9.17, 15) is 0 Å². The molecule has 3 rings (SSSR count). The van der Waals surface area contributed by atoms with Crippen molar-refractivity contribution in [2.45, 2.75) is 32.4 Å². The van der Waals surface area contributed by atoms with Crippen molar-refractivity contribution in [3.63, 3.8) is 0 Å². The van der Waals surface area contributed by atoms with Crippen LogP contribution in [0.3, 0.4) is 0 Å². The predicted octanol–water partition coefficient (Wildman–Crippen LogP) is 2.61. The minimum Gasteiger partial charge on any atom is -0.483 e. The highest BCUT2D eigenvalue weighted by atomic mass is 16.5. The van der Waals surface area contributed by atoms with Gasteiger partial charge in [0.1, 0.15) is 11.4 Å². The number of rotatable bonds is 1. The molecule has 16 heavy (non-hydrogen) atoms. The molecule has 3 heteroatoms. The van der Waals surface area contributed by atoms with E-state index in [2.05, 4.69) is 26.0 Å². The van der Waals surface area contributed by atoms with Gasteiger partial charge >= 0.3 is 0 Å². The molecule has 0 spiro atoms. The van der Waals surface area contributed by atoms with Crippen molar-refractivity contribution in [1.82, 2.24) is 0 Å². The van der Waals surface area contributed by atoms with Gasteiger partial charge in [0.25, 0.3) is 0 Å². The van der Waals surface area contributed by atoms with Crippen molar-refractivity contribution in [1.29, 1.82) is 0 Å². The van der Waals surface area contributed by atoms with Gasteiger partial charge in [0, 0.05) is 17.4 Å². The van der Waals surface area contributed by atoms with E-state index in [1.807, 2.05) is 6.07 Å². The van der Waals surface area contributed by atoms with Crippen LogP contribution in [0.4, 0.5) is 0 Å². The Labute approximate surface area is 94.2 Å². The van der Waals surface area contributed by atoms with Crippen molar-refractivity contribution >= 4 is 11.0 Å². The van der Waals surface area contributed by atoms with Crippen LogP contribution in [0.1, 0.15) is 25.2 Å². The Hall–Kier alpha value is -1.48. The van der Waals surface area contributed by atoms with E-state index >= 15 is 0 Å². The van der Waals surface area contributed by atoms with Gasteiger partial charge in [0.2, 0.25) is 0 Å². The lowest BCUT2D eigenvalue weighted by Gasteiger charge is -2.16. The van der Waals surface area contributed by atoms with Gasteiger partial charge in [-0.25, -0.2) is 0 Å². The molecule has 84 valence electrons. The van der Waals surface area contributed by atoms with Crippen molar-refractivity contribution < 1.29 is 9.15 Å². The maximum absolute atomic E-state index is 5.93. The van der Waals surface area contributed by atoms with E-state index in [0.29, 0.717) is 6.54 Å². The Bertz CT molecular complexity index is 554. The summed E-state index contributed by atoms with van der Waals surface area (Å²) in [6, 6.07) is 6.16. The maximum Gasteiger partial charge on any atom is 0.176 e. The Morgan fingerprint density at radius 2 is 2.19 bits per heavy atom. The molecule has 1 aromatic carbocycles. The zero-order valence-corrected chi connectivity index (χ0v) is 9.54. The summed E-state index contributed by atoms with van der Waals surface area (Å²) in [7, 11) is 0. The average Bonchev–Trinajstić information content (AvgIpc) is 2.75. The second-order valence-corrected chi connectivity index (χ2v) is 4.93. The average molecular weight is 217 g/mol. The summed E-state index contributed by atoms with van der Waals surface area (Å²) in [4.78, 5) is 0. The third-order valence-electron chi connectivity index (χ3n) is 2.97. The first-order valence-electron chi connectivity index (χ1n) is 5.52. The van der Waals surface area contributed by atoms with Crippen LogP contribution in [0.5, 0.6) is 5.75 Å². The minimum absolute atomic E-state index is 0.133. The van der Waals surface area contributed by atoms with Gasteiger partial charge in [-0.3, -0.25) is 0 Å². The van der Waals surface area contributed by atoms with Crippen LogP contribution in [0, 0.1) is 0 Å². The molecule has 2 heterocycles. The SMILES string of the molecule is CC1(C)Cc2ccc3cc(CN)oc3c2O1. The van der Waals surface area contributed by atoms with Crippen LogP contribution in [0.25, 0.3) is 11.0 Å². The lowest BCUT2D eigenvalue weighted by molar-refractivity contribution is 0.138. The fourth-order valence-electron chi connectivity index (χ4n) is 2.29. The number of fused-ring (bicyclic) bond motifs is 3. The second kappa shape index (κ2) is 3.01. The van der Waals surface area contributed by atoms with Crippen LogP contribution in [-0.4, -0.2) is 5.60 Å². The summed E-state index contributed by atoms with van der Waals surface area (Å²) in [5, 5.41) is 1.07. The molecule has 0 aliphatic carbocycles. The monoisotopic (exact) mass is 217 g/mol. The van der Waals surface area contributed by atoms with Crippen LogP contribution in [0.2, 0.25) is 0 Å². The number of furan rings is 1. The van der Waals surface area contributed by atoms with E-state index in [1.54, 1.807) is 0 Å². The normalized spacial score (nSPS) is 17.4. The first-order valence-corrected chi connectivity index (χ1v) is 5.52. The predicted molar refractivity (Wildman–Crippen MR) is 62.5 cm³/mol. The largest absolute Gasteiger partial charge is 0.483 e. The van der Waals surface area contributed by atoms with Crippen LogP contribution in [-0.2, 0) is 13.0 Å². The van der Waals surface area contributed by atoms with Crippen molar-refractivity contribution in [2.75, 3.05) is 0 Å². The maximum atomic E-state index is 5.93. The lowest BCUT2D eigenvalue weighted by Crippen LogP contribution is -2.24. The Morgan fingerprint density at radius 1 is 1.38 bits per heavy atom. The van der Waals surface area contributed by atoms with E-state index in [-0.39, 0.29) is 5.60 Å². The third-order valence-corrected chi connectivity index (χ3v) is 2.97. The number of hydrogen-bond acceptors (Lipinski definition) is 3. The van der Waals surface area contributed by atoms with Gasteiger partial charge < -0.3 is 14.9 Å². The van der Waals surface area contributed by atoms with Crippen LogP contribution in [0.15, 0.2) is 22.6 Å². The van der Waals surface area contributed by atoms with Crippen LogP contribution >= 0.6 is 0 Å². The first-order chi connectivity index (χ1) is 7.59. The molecule has 2 aromatic rings. The van der Waals surface area contributed by atoms with E-state index in [1.165, 1.54) is 5.56 Å². The third kappa shape index (κ3) is 1.32. The molecule has 0 atom stereocenters. The van der Waals surface area contributed by atoms with Gasteiger partial charge in [0.05, 0.1) is 6.54 Å². The highest BCUT2D eigenvalue weighted by Crippen LogP contribution is 2.41. The fraction of sp³-hybridized carbons (Fsp3) is 0.385. The topological polar surface area (TPSA) is 48.4 Å². The molecular formula is C13H15NO2. The summed E-state index contributed by atoms with van der Waals surface area (Å²) < 4.78 is 11.6. The summed E-state index contributed by atoms with van der Waals surface area (Å²) in [5.74, 6) is 1.69. The Morgan fingerprint density at radius 3 is 2.94 bits per heavy atom. The van der Waals surface area contributed by atoms with E-state index in [4.69, 9.17) is 14.9 Å². The molecule has 0 amide bonds. The molecule has 0 fully saturated rings. The highest BCUT2D eigenvalue weighted by molar-refractivity contribution is 5.85. The second-order valence-electron chi connectivity index (χ2n) is 4.93. The summed E-state index contributed by atoms with van der Waals surface area (Å²) >= 11 is 0. The molecule has 1 aromatic heterocycles. The number of nitrogens with two attached hydrogens (primary N) is 1. The molecule has 3 nitrogen and oxygen atoms in total. The Kier molecular flexibility index (Phi) is 1.83.